The smallest absolute Gasteiger partial charge is 0.184 e. The van der Waals surface area contributed by atoms with Crippen LogP contribution in [-0.4, -0.2) is 34.0 Å². The Bertz CT molecular complexity index is 66.1. The average Bonchev–Trinajstić information content (AvgIpc) is 1.93. The maximum absolute atomic E-state index is 4.71. The Morgan fingerprint density at radius 1 is 1.60 bits per heavy atom. The molecule has 0 aromatic heterocycles. The molecule has 0 aromatic carbocycles. The Labute approximate surface area is 68.4 Å². The number of hydrogen-bond acceptors (Lipinski definition) is 2. The maximum atomic E-state index is 4.71. The zero-order valence-corrected chi connectivity index (χ0v) is 10.2. The highest BCUT2D eigenvalue weighted by atomic mass is 28.2. The molecule has 0 bridgehead atoms. The fourth-order valence-corrected chi connectivity index (χ4v) is 0.707. The van der Waals surface area contributed by atoms with E-state index in [1.165, 1.54) is 0 Å². The van der Waals surface area contributed by atoms with Crippen LogP contribution in [0.4, 0.5) is 0 Å². The van der Waals surface area contributed by atoms with Crippen molar-refractivity contribution in [3.63, 3.8) is 0 Å². The van der Waals surface area contributed by atoms with Crippen LogP contribution < -0.4 is 0 Å². The van der Waals surface area contributed by atoms with Crippen molar-refractivity contribution in [1.82, 2.24) is 0 Å². The molecular weight excluding hydrogens is 160 g/mol. The van der Waals surface area contributed by atoms with Crippen molar-refractivity contribution >= 4 is 20.2 Å². The van der Waals surface area contributed by atoms with E-state index in [4.69, 9.17) is 8.85 Å². The highest BCUT2D eigenvalue weighted by molar-refractivity contribution is 6.33. The van der Waals surface area contributed by atoms with E-state index in [9.17, 15) is 0 Å². The molecule has 0 N–H and O–H groups in total. The zero-order valence-electron chi connectivity index (χ0n) is 6.80. The van der Waals surface area contributed by atoms with E-state index in [1.807, 2.05) is 5.70 Å². The van der Waals surface area contributed by atoms with Crippen LogP contribution in [0.25, 0.3) is 0 Å². The van der Waals surface area contributed by atoms with Gasteiger partial charge in [-0.3, -0.25) is 0 Å². The third kappa shape index (κ3) is 24.9. The lowest BCUT2D eigenvalue weighted by Gasteiger charge is -1.80. The summed E-state index contributed by atoms with van der Waals surface area (Å²) in [5, 5.41) is 0. The summed E-state index contributed by atoms with van der Waals surface area (Å²) in [5.74, 6) is 0. The van der Waals surface area contributed by atoms with Crippen molar-refractivity contribution in [2.45, 2.75) is 0 Å². The first-order valence-corrected chi connectivity index (χ1v) is 5.24. The molecule has 0 aliphatic rings. The minimum absolute atomic E-state index is 0.304. The maximum Gasteiger partial charge on any atom is 0.184 e. The molecule has 0 rings (SSSR count). The van der Waals surface area contributed by atoms with Crippen LogP contribution in [0, 0.1) is 0 Å². The van der Waals surface area contributed by atoms with E-state index in [1.54, 1.807) is 13.2 Å². The largest absolute Gasteiger partial charge is 0.424 e. The summed E-state index contributed by atoms with van der Waals surface area (Å²) >= 11 is 0. The monoisotopic (exact) mass is 176 g/mol. The molecular formula is C6H16O2Si2. The molecule has 0 spiro atoms. The highest BCUT2D eigenvalue weighted by Crippen LogP contribution is 1.59. The summed E-state index contributed by atoms with van der Waals surface area (Å²) in [7, 11) is 2.23. The molecule has 0 saturated carbocycles. The van der Waals surface area contributed by atoms with Crippen LogP contribution in [0.1, 0.15) is 0 Å². The molecule has 0 atom stereocenters. The van der Waals surface area contributed by atoms with E-state index in [0.717, 1.165) is 10.5 Å². The third-order valence-corrected chi connectivity index (χ3v) is 1.47. The minimum atomic E-state index is -0.304. The summed E-state index contributed by atoms with van der Waals surface area (Å²) in [6, 6.07) is 0. The summed E-state index contributed by atoms with van der Waals surface area (Å²) in [6.45, 7) is 7.65. The van der Waals surface area contributed by atoms with Gasteiger partial charge >= 0.3 is 0 Å². The molecule has 0 aliphatic heterocycles. The van der Waals surface area contributed by atoms with Crippen LogP contribution in [0.2, 0.25) is 0 Å². The fraction of sp³-hybridized carbons (Fsp3) is 0.333. The molecule has 10 heavy (non-hydrogen) atoms. The molecule has 0 aromatic rings. The molecule has 2 nitrogen and oxygen atoms in total. The van der Waals surface area contributed by atoms with E-state index in [0.29, 0.717) is 6.61 Å². The Morgan fingerprint density at radius 3 is 2.20 bits per heavy atom. The first kappa shape index (κ1) is 12.5. The predicted octanol–water partition coefficient (Wildman–Crippen LogP) is -0.671. The van der Waals surface area contributed by atoms with Crippen LogP contribution in [0.3, 0.4) is 0 Å². The molecule has 0 saturated heterocycles. The van der Waals surface area contributed by atoms with Gasteiger partial charge in [0.25, 0.3) is 0 Å². The second-order valence-electron chi connectivity index (χ2n) is 1.49. The quantitative estimate of drug-likeness (QED) is 0.418. The lowest BCUT2D eigenvalue weighted by Crippen LogP contribution is -1.83. The molecule has 60 valence electrons. The van der Waals surface area contributed by atoms with Crippen molar-refractivity contribution in [1.29, 1.82) is 0 Å². The van der Waals surface area contributed by atoms with Crippen LogP contribution in [0.5, 0.6) is 0 Å². The fourth-order valence-electron chi connectivity index (χ4n) is 0.236. The Balaban J connectivity index is 0. The molecule has 0 radical (unpaired) electrons. The van der Waals surface area contributed by atoms with Gasteiger partial charge in [0.15, 0.2) is 9.76 Å². The third-order valence-electron chi connectivity index (χ3n) is 0.569. The van der Waals surface area contributed by atoms with E-state index in [-0.39, 0.29) is 9.76 Å². The number of hydrogen-bond donors (Lipinski definition) is 0. The van der Waals surface area contributed by atoms with Gasteiger partial charge in [-0.05, 0) is 0 Å². The van der Waals surface area contributed by atoms with Crippen molar-refractivity contribution in [2.75, 3.05) is 13.7 Å². The van der Waals surface area contributed by atoms with Crippen molar-refractivity contribution < 1.29 is 8.85 Å². The van der Waals surface area contributed by atoms with Crippen LogP contribution in [-0.2, 0) is 8.85 Å². The van der Waals surface area contributed by atoms with Gasteiger partial charge in [0, 0.05) is 7.11 Å². The summed E-state index contributed by atoms with van der Waals surface area (Å²) < 4.78 is 9.42. The van der Waals surface area contributed by atoms with Gasteiger partial charge in [0.1, 0.15) is 10.5 Å². The minimum Gasteiger partial charge on any atom is -0.424 e. The summed E-state index contributed by atoms with van der Waals surface area (Å²) in [4.78, 5) is 0. The topological polar surface area (TPSA) is 18.5 Å². The Kier molecular flexibility index (Phi) is 19.9. The molecule has 0 heterocycles. The van der Waals surface area contributed by atoms with E-state index >= 15 is 0 Å². The van der Waals surface area contributed by atoms with Gasteiger partial charge < -0.3 is 8.85 Å². The molecule has 4 heteroatoms. The van der Waals surface area contributed by atoms with Crippen molar-refractivity contribution in [3.8, 4) is 0 Å². The van der Waals surface area contributed by atoms with Gasteiger partial charge in [-0.2, -0.15) is 0 Å². The van der Waals surface area contributed by atoms with Gasteiger partial charge in [-0.1, -0.05) is 11.8 Å². The summed E-state index contributed by atoms with van der Waals surface area (Å²) in [6.07, 6.45) is 1.74. The Hall–Kier alpha value is -0.166. The lowest BCUT2D eigenvalue weighted by atomic mass is 10.7. The SMILES string of the molecule is C=CCO[SiH3].C=C[SiH2]OC. The molecule has 0 amide bonds. The van der Waals surface area contributed by atoms with Gasteiger partial charge in [-0.15, -0.1) is 13.2 Å². The van der Waals surface area contributed by atoms with E-state index < -0.39 is 0 Å². The predicted molar refractivity (Wildman–Crippen MR) is 51.8 cm³/mol. The van der Waals surface area contributed by atoms with Crippen molar-refractivity contribution in [3.05, 3.63) is 24.9 Å². The van der Waals surface area contributed by atoms with Gasteiger partial charge in [0.05, 0.1) is 6.61 Å². The first-order chi connectivity index (χ1) is 4.83. The van der Waals surface area contributed by atoms with Gasteiger partial charge in [-0.25, -0.2) is 0 Å². The highest BCUT2D eigenvalue weighted by Gasteiger charge is 1.61. The second-order valence-corrected chi connectivity index (χ2v) is 3.55. The molecule has 0 unspecified atom stereocenters. The van der Waals surface area contributed by atoms with Gasteiger partial charge in [0.2, 0.25) is 0 Å². The van der Waals surface area contributed by atoms with Crippen LogP contribution in [0.15, 0.2) is 24.9 Å². The second kappa shape index (κ2) is 15.9. The lowest BCUT2D eigenvalue weighted by molar-refractivity contribution is 0.402. The normalized spacial score (nSPS) is 8.90. The van der Waals surface area contributed by atoms with Crippen LogP contribution >= 0.6 is 0 Å². The standard InChI is InChI=1S/2C3H8OSi/c1-3-5-4-2;1-2-3-4-5/h3H,1,5H2,2H3;2H,1,3H2,5H3. The van der Waals surface area contributed by atoms with E-state index in [2.05, 4.69) is 13.2 Å². The average molecular weight is 176 g/mol. The molecule has 0 fully saturated rings. The zero-order chi connectivity index (χ0) is 8.24. The molecule has 0 aliphatic carbocycles. The number of rotatable bonds is 4. The van der Waals surface area contributed by atoms with Crippen molar-refractivity contribution in [2.24, 2.45) is 0 Å². The first-order valence-electron chi connectivity index (χ1n) is 3.03. The summed E-state index contributed by atoms with van der Waals surface area (Å²) in [5.41, 5.74) is 1.85. The Morgan fingerprint density at radius 2 is 2.20 bits per heavy atom.